The fourth-order valence-electron chi connectivity index (χ4n) is 2.20. The maximum absolute atomic E-state index is 13.0. The quantitative estimate of drug-likeness (QED) is 0.871. The number of hydrogen-bond acceptors (Lipinski definition) is 2. The van der Waals surface area contributed by atoms with Crippen LogP contribution in [0, 0.1) is 17.7 Å². The summed E-state index contributed by atoms with van der Waals surface area (Å²) < 4.78 is 13.0. The zero-order valence-corrected chi connectivity index (χ0v) is 10.0. The van der Waals surface area contributed by atoms with Crippen molar-refractivity contribution in [2.75, 3.05) is 7.05 Å². The zero-order valence-electron chi connectivity index (χ0n) is 9.28. The van der Waals surface area contributed by atoms with Gasteiger partial charge in [-0.05, 0) is 37.1 Å². The second-order valence-electron chi connectivity index (χ2n) is 4.28. The van der Waals surface area contributed by atoms with Crippen LogP contribution in [0.25, 0.3) is 0 Å². The third-order valence-corrected chi connectivity index (χ3v) is 3.49. The normalized spacial score (nSPS) is 24.4. The Morgan fingerprint density at radius 1 is 1.65 bits per heavy atom. The molecule has 0 spiro atoms. The molecule has 0 aliphatic heterocycles. The second-order valence-corrected chi connectivity index (χ2v) is 4.69. The SMILES string of the molecule is CNC(c1ccc(F)c(Cl)c1)C1CC1C(=O)O. The van der Waals surface area contributed by atoms with Crippen molar-refractivity contribution >= 4 is 17.6 Å². The summed E-state index contributed by atoms with van der Waals surface area (Å²) in [5.41, 5.74) is 0.827. The Balaban J connectivity index is 2.19. The lowest BCUT2D eigenvalue weighted by atomic mass is 10.0. The van der Waals surface area contributed by atoms with Crippen LogP contribution < -0.4 is 5.32 Å². The first kappa shape index (κ1) is 12.3. The predicted octanol–water partition coefficient (Wildman–Crippen LogP) is 2.46. The van der Waals surface area contributed by atoms with E-state index in [1.165, 1.54) is 6.07 Å². The molecule has 1 aromatic carbocycles. The van der Waals surface area contributed by atoms with Gasteiger partial charge in [0.1, 0.15) is 5.82 Å². The second kappa shape index (κ2) is 4.63. The molecule has 0 aromatic heterocycles. The Bertz CT molecular complexity index is 452. The minimum absolute atomic E-state index is 0.0547. The third-order valence-electron chi connectivity index (χ3n) is 3.20. The molecular weight excluding hydrogens is 245 g/mol. The predicted molar refractivity (Wildman–Crippen MR) is 62.4 cm³/mol. The first-order valence-corrected chi connectivity index (χ1v) is 5.77. The van der Waals surface area contributed by atoms with Gasteiger partial charge in [0, 0.05) is 6.04 Å². The van der Waals surface area contributed by atoms with Gasteiger partial charge in [-0.1, -0.05) is 17.7 Å². The highest BCUT2D eigenvalue weighted by Crippen LogP contribution is 2.47. The van der Waals surface area contributed by atoms with Gasteiger partial charge in [0.2, 0.25) is 0 Å². The van der Waals surface area contributed by atoms with Gasteiger partial charge in [0.25, 0.3) is 0 Å². The highest BCUT2D eigenvalue weighted by atomic mass is 35.5. The first-order valence-electron chi connectivity index (χ1n) is 5.39. The Hall–Kier alpha value is -1.13. The van der Waals surface area contributed by atoms with Crippen LogP contribution in [0.4, 0.5) is 4.39 Å². The van der Waals surface area contributed by atoms with E-state index >= 15 is 0 Å². The van der Waals surface area contributed by atoms with Gasteiger partial charge in [-0.25, -0.2) is 4.39 Å². The summed E-state index contributed by atoms with van der Waals surface area (Å²) in [4.78, 5) is 10.8. The summed E-state index contributed by atoms with van der Waals surface area (Å²) >= 11 is 5.72. The number of carboxylic acids is 1. The molecule has 1 aliphatic rings. The highest BCUT2D eigenvalue weighted by molar-refractivity contribution is 6.30. The van der Waals surface area contributed by atoms with Gasteiger partial charge in [-0.3, -0.25) is 4.79 Å². The molecule has 1 saturated carbocycles. The molecule has 92 valence electrons. The lowest BCUT2D eigenvalue weighted by Crippen LogP contribution is -2.20. The lowest BCUT2D eigenvalue weighted by molar-refractivity contribution is -0.138. The molecule has 3 atom stereocenters. The molecule has 0 heterocycles. The van der Waals surface area contributed by atoms with Gasteiger partial charge < -0.3 is 10.4 Å². The molecule has 3 nitrogen and oxygen atoms in total. The number of halogens is 2. The number of carbonyl (C=O) groups is 1. The van der Waals surface area contributed by atoms with Crippen LogP contribution in [0.2, 0.25) is 5.02 Å². The fraction of sp³-hybridized carbons (Fsp3) is 0.417. The minimum atomic E-state index is -0.775. The van der Waals surface area contributed by atoms with Gasteiger partial charge in [0.15, 0.2) is 0 Å². The zero-order chi connectivity index (χ0) is 12.6. The van der Waals surface area contributed by atoms with Crippen LogP contribution in [-0.2, 0) is 4.79 Å². The van der Waals surface area contributed by atoms with Crippen molar-refractivity contribution in [3.8, 4) is 0 Å². The van der Waals surface area contributed by atoms with E-state index in [-0.39, 0.29) is 22.9 Å². The lowest BCUT2D eigenvalue weighted by Gasteiger charge is -2.16. The Morgan fingerprint density at radius 2 is 2.35 bits per heavy atom. The molecular formula is C12H13ClFNO2. The van der Waals surface area contributed by atoms with Crippen LogP contribution in [0.15, 0.2) is 18.2 Å². The summed E-state index contributed by atoms with van der Waals surface area (Å²) in [5, 5.41) is 12.0. The van der Waals surface area contributed by atoms with Gasteiger partial charge in [-0.15, -0.1) is 0 Å². The highest BCUT2D eigenvalue weighted by Gasteiger charge is 2.47. The van der Waals surface area contributed by atoms with Crippen LogP contribution in [-0.4, -0.2) is 18.1 Å². The maximum atomic E-state index is 13.0. The standard InChI is InChI=1S/C12H13ClFNO2/c1-15-11(7-5-8(7)12(16)17)6-2-3-10(14)9(13)4-6/h2-4,7-8,11,15H,5H2,1H3,(H,16,17). The van der Waals surface area contributed by atoms with Gasteiger partial charge in [0.05, 0.1) is 10.9 Å². The average Bonchev–Trinajstić information content (AvgIpc) is 3.04. The van der Waals surface area contributed by atoms with E-state index in [1.54, 1.807) is 19.2 Å². The molecule has 0 saturated heterocycles. The van der Waals surface area contributed by atoms with Crippen LogP contribution in [0.1, 0.15) is 18.0 Å². The number of hydrogen-bond donors (Lipinski definition) is 2. The molecule has 2 rings (SSSR count). The number of carboxylic acid groups (broad SMARTS) is 1. The van der Waals surface area contributed by atoms with Crippen molar-refractivity contribution in [2.24, 2.45) is 11.8 Å². The van der Waals surface area contributed by atoms with Crippen molar-refractivity contribution in [2.45, 2.75) is 12.5 Å². The smallest absolute Gasteiger partial charge is 0.306 e. The van der Waals surface area contributed by atoms with Crippen molar-refractivity contribution in [3.63, 3.8) is 0 Å². The third kappa shape index (κ3) is 2.42. The molecule has 0 amide bonds. The van der Waals surface area contributed by atoms with Crippen LogP contribution >= 0.6 is 11.6 Å². The molecule has 0 radical (unpaired) electrons. The largest absolute Gasteiger partial charge is 0.481 e. The first-order chi connectivity index (χ1) is 8.04. The molecule has 1 fully saturated rings. The Morgan fingerprint density at radius 3 is 2.82 bits per heavy atom. The molecule has 1 aliphatic carbocycles. The van der Waals surface area contributed by atoms with E-state index in [0.29, 0.717) is 6.42 Å². The van der Waals surface area contributed by atoms with Crippen LogP contribution in [0.5, 0.6) is 0 Å². The fourth-order valence-corrected chi connectivity index (χ4v) is 2.39. The summed E-state index contributed by atoms with van der Waals surface area (Å²) in [7, 11) is 1.76. The monoisotopic (exact) mass is 257 g/mol. The van der Waals surface area contributed by atoms with E-state index in [0.717, 1.165) is 5.56 Å². The molecule has 17 heavy (non-hydrogen) atoms. The average molecular weight is 258 g/mol. The Labute approximate surface area is 104 Å². The number of aliphatic carboxylic acids is 1. The number of nitrogens with one attached hydrogen (secondary N) is 1. The molecule has 0 bridgehead atoms. The Kier molecular flexibility index (Phi) is 3.35. The summed E-state index contributed by atoms with van der Waals surface area (Å²) in [6.07, 6.45) is 0.649. The molecule has 1 aromatic rings. The summed E-state index contributed by atoms with van der Waals surface area (Å²) in [6.45, 7) is 0. The molecule has 5 heteroatoms. The van der Waals surface area contributed by atoms with Crippen molar-refractivity contribution in [1.29, 1.82) is 0 Å². The van der Waals surface area contributed by atoms with E-state index in [2.05, 4.69) is 5.32 Å². The van der Waals surface area contributed by atoms with Gasteiger partial charge >= 0.3 is 5.97 Å². The van der Waals surface area contributed by atoms with Crippen molar-refractivity contribution < 1.29 is 14.3 Å². The topological polar surface area (TPSA) is 49.3 Å². The molecule has 2 N–H and O–H groups in total. The van der Waals surface area contributed by atoms with E-state index in [1.807, 2.05) is 0 Å². The van der Waals surface area contributed by atoms with E-state index < -0.39 is 11.8 Å². The van der Waals surface area contributed by atoms with Crippen molar-refractivity contribution in [3.05, 3.63) is 34.6 Å². The van der Waals surface area contributed by atoms with E-state index in [4.69, 9.17) is 16.7 Å². The molecule has 3 unspecified atom stereocenters. The summed E-state index contributed by atoms with van der Waals surface area (Å²) in [5.74, 6) is -1.49. The van der Waals surface area contributed by atoms with E-state index in [9.17, 15) is 9.18 Å². The van der Waals surface area contributed by atoms with Gasteiger partial charge in [-0.2, -0.15) is 0 Å². The summed E-state index contributed by atoms with van der Waals surface area (Å²) in [6, 6.07) is 4.41. The minimum Gasteiger partial charge on any atom is -0.481 e. The van der Waals surface area contributed by atoms with Crippen molar-refractivity contribution in [1.82, 2.24) is 5.32 Å². The number of rotatable bonds is 4. The maximum Gasteiger partial charge on any atom is 0.306 e. The van der Waals surface area contributed by atoms with Crippen LogP contribution in [0.3, 0.4) is 0 Å². The number of benzene rings is 1.